The minimum absolute atomic E-state index is 0.0821. The van der Waals surface area contributed by atoms with Gasteiger partial charge in [0.15, 0.2) is 6.29 Å². The van der Waals surface area contributed by atoms with Crippen molar-refractivity contribution < 1.29 is 14.2 Å². The summed E-state index contributed by atoms with van der Waals surface area (Å²) in [5.41, 5.74) is 0. The number of ether oxygens (including phenoxy) is 3. The molecule has 0 aliphatic carbocycles. The van der Waals surface area contributed by atoms with Crippen molar-refractivity contribution in [2.75, 3.05) is 20.8 Å². The molecule has 1 rings (SSSR count). The average molecular weight is 202 g/mol. The molecule has 0 saturated carbocycles. The molecule has 0 aromatic carbocycles. The van der Waals surface area contributed by atoms with Crippen LogP contribution >= 0.6 is 0 Å². The average Bonchev–Trinajstić information content (AvgIpc) is 2.19. The van der Waals surface area contributed by atoms with E-state index in [0.717, 1.165) is 0 Å². The van der Waals surface area contributed by atoms with Crippen LogP contribution in [-0.4, -0.2) is 33.2 Å². The van der Waals surface area contributed by atoms with Gasteiger partial charge in [0.05, 0.1) is 12.7 Å². The predicted molar refractivity (Wildman–Crippen MR) is 55.0 cm³/mol. The van der Waals surface area contributed by atoms with Crippen LogP contribution in [0.4, 0.5) is 0 Å². The second kappa shape index (κ2) is 5.10. The molecule has 0 aromatic heterocycles. The topological polar surface area (TPSA) is 27.7 Å². The Balaban J connectivity index is 2.63. The van der Waals surface area contributed by atoms with Gasteiger partial charge in [-0.1, -0.05) is 20.8 Å². The second-order valence-corrected chi connectivity index (χ2v) is 4.31. The third-order valence-electron chi connectivity index (χ3n) is 3.55. The molecule has 1 aliphatic heterocycles. The fourth-order valence-corrected chi connectivity index (χ4v) is 2.11. The van der Waals surface area contributed by atoms with E-state index in [4.69, 9.17) is 14.2 Å². The Hall–Kier alpha value is -0.120. The zero-order valence-corrected chi connectivity index (χ0v) is 9.82. The van der Waals surface area contributed by atoms with Crippen LogP contribution in [0.2, 0.25) is 0 Å². The highest BCUT2D eigenvalue weighted by atomic mass is 16.7. The molecule has 1 heterocycles. The van der Waals surface area contributed by atoms with E-state index >= 15 is 0 Å². The summed E-state index contributed by atoms with van der Waals surface area (Å²) in [6.45, 7) is 7.31. The van der Waals surface area contributed by atoms with Crippen molar-refractivity contribution in [2.24, 2.45) is 17.8 Å². The van der Waals surface area contributed by atoms with Crippen molar-refractivity contribution in [3.05, 3.63) is 0 Å². The smallest absolute Gasteiger partial charge is 0.160 e. The summed E-state index contributed by atoms with van der Waals surface area (Å²) >= 11 is 0. The molecule has 14 heavy (non-hydrogen) atoms. The number of hydrogen-bond acceptors (Lipinski definition) is 3. The maximum absolute atomic E-state index is 5.82. The Morgan fingerprint density at radius 3 is 2.14 bits per heavy atom. The molecule has 3 heteroatoms. The summed E-state index contributed by atoms with van der Waals surface area (Å²) in [6, 6.07) is 0. The van der Waals surface area contributed by atoms with Gasteiger partial charge < -0.3 is 14.2 Å². The first-order valence-corrected chi connectivity index (χ1v) is 5.29. The minimum Gasteiger partial charge on any atom is -0.382 e. The maximum Gasteiger partial charge on any atom is 0.160 e. The Morgan fingerprint density at radius 1 is 1.00 bits per heavy atom. The Kier molecular flexibility index (Phi) is 4.35. The normalized spacial score (nSPS) is 43.9. The highest BCUT2D eigenvalue weighted by molar-refractivity contribution is 4.82. The highest BCUT2D eigenvalue weighted by Gasteiger charge is 2.38. The van der Waals surface area contributed by atoms with Gasteiger partial charge >= 0.3 is 0 Å². The molecule has 0 radical (unpaired) electrons. The summed E-state index contributed by atoms with van der Waals surface area (Å²) < 4.78 is 16.3. The number of hydrogen-bond donors (Lipinski definition) is 0. The van der Waals surface area contributed by atoms with Gasteiger partial charge in [-0.2, -0.15) is 0 Å². The van der Waals surface area contributed by atoms with Crippen LogP contribution in [0.3, 0.4) is 0 Å². The Morgan fingerprint density at radius 2 is 1.64 bits per heavy atom. The third-order valence-corrected chi connectivity index (χ3v) is 3.55. The largest absolute Gasteiger partial charge is 0.382 e. The van der Waals surface area contributed by atoms with Crippen LogP contribution in [0.25, 0.3) is 0 Å². The van der Waals surface area contributed by atoms with Gasteiger partial charge in [-0.25, -0.2) is 0 Å². The van der Waals surface area contributed by atoms with Crippen LogP contribution < -0.4 is 0 Å². The van der Waals surface area contributed by atoms with Crippen LogP contribution in [0.1, 0.15) is 20.8 Å². The van der Waals surface area contributed by atoms with Gasteiger partial charge in [0.25, 0.3) is 0 Å². The van der Waals surface area contributed by atoms with Gasteiger partial charge in [0, 0.05) is 20.1 Å². The molecular weight excluding hydrogens is 180 g/mol. The van der Waals surface area contributed by atoms with E-state index in [-0.39, 0.29) is 12.4 Å². The summed E-state index contributed by atoms with van der Waals surface area (Å²) in [5, 5.41) is 0. The molecule has 1 fully saturated rings. The second-order valence-electron chi connectivity index (χ2n) is 4.31. The van der Waals surface area contributed by atoms with Crippen LogP contribution in [-0.2, 0) is 14.2 Å². The van der Waals surface area contributed by atoms with Crippen LogP contribution in [0.5, 0.6) is 0 Å². The molecule has 0 amide bonds. The lowest BCUT2D eigenvalue weighted by molar-refractivity contribution is -0.245. The van der Waals surface area contributed by atoms with Gasteiger partial charge in [0.1, 0.15) is 0 Å². The zero-order valence-electron chi connectivity index (χ0n) is 9.82. The molecule has 0 aromatic rings. The molecular formula is C11H22O3. The van der Waals surface area contributed by atoms with Crippen molar-refractivity contribution in [1.82, 2.24) is 0 Å². The predicted octanol–water partition coefficient (Wildman–Crippen LogP) is 1.91. The SMILES string of the molecule is COCC1O[C@@H](OC)C(C)[C@@H](C)[C@H]1C. The van der Waals surface area contributed by atoms with Crippen molar-refractivity contribution in [1.29, 1.82) is 0 Å². The van der Waals surface area contributed by atoms with Gasteiger partial charge in [-0.15, -0.1) is 0 Å². The molecule has 0 spiro atoms. The summed E-state index contributed by atoms with van der Waals surface area (Å²) in [5.74, 6) is 1.58. The first kappa shape index (κ1) is 12.0. The molecule has 5 atom stereocenters. The fraction of sp³-hybridized carbons (Fsp3) is 1.00. The molecule has 1 aliphatic rings. The van der Waals surface area contributed by atoms with E-state index in [0.29, 0.717) is 24.4 Å². The Labute approximate surface area is 86.7 Å². The minimum atomic E-state index is -0.0821. The molecule has 2 unspecified atom stereocenters. The molecule has 0 bridgehead atoms. The van der Waals surface area contributed by atoms with Gasteiger partial charge in [0.2, 0.25) is 0 Å². The van der Waals surface area contributed by atoms with E-state index in [2.05, 4.69) is 20.8 Å². The summed E-state index contributed by atoms with van der Waals surface area (Å²) in [6.07, 6.45) is 0.0810. The van der Waals surface area contributed by atoms with E-state index in [1.165, 1.54) is 0 Å². The quantitative estimate of drug-likeness (QED) is 0.699. The molecule has 3 nitrogen and oxygen atoms in total. The lowest BCUT2D eigenvalue weighted by atomic mass is 9.79. The lowest BCUT2D eigenvalue weighted by Crippen LogP contribution is -2.47. The summed E-state index contributed by atoms with van der Waals surface area (Å²) in [4.78, 5) is 0. The standard InChI is InChI=1S/C11H22O3/c1-7-8(2)10(6-12-4)14-11(13-5)9(7)3/h7-11H,6H2,1-5H3/t7-,8+,9?,10?,11+/m0/s1. The van der Waals surface area contributed by atoms with Crippen molar-refractivity contribution in [2.45, 2.75) is 33.2 Å². The molecule has 1 saturated heterocycles. The third kappa shape index (κ3) is 2.27. The first-order valence-electron chi connectivity index (χ1n) is 5.29. The lowest BCUT2D eigenvalue weighted by Gasteiger charge is -2.42. The Bertz CT molecular complexity index is 168. The van der Waals surface area contributed by atoms with Crippen molar-refractivity contribution in [3.63, 3.8) is 0 Å². The van der Waals surface area contributed by atoms with Crippen LogP contribution in [0.15, 0.2) is 0 Å². The van der Waals surface area contributed by atoms with Crippen LogP contribution in [0, 0.1) is 17.8 Å². The van der Waals surface area contributed by atoms with E-state index in [1.54, 1.807) is 14.2 Å². The van der Waals surface area contributed by atoms with E-state index in [1.807, 2.05) is 0 Å². The van der Waals surface area contributed by atoms with Gasteiger partial charge in [-0.05, 0) is 11.8 Å². The monoisotopic (exact) mass is 202 g/mol. The molecule has 84 valence electrons. The number of methoxy groups -OCH3 is 2. The maximum atomic E-state index is 5.82. The number of rotatable bonds is 3. The van der Waals surface area contributed by atoms with E-state index in [9.17, 15) is 0 Å². The zero-order chi connectivity index (χ0) is 10.7. The van der Waals surface area contributed by atoms with E-state index < -0.39 is 0 Å². The summed E-state index contributed by atoms with van der Waals surface area (Å²) in [7, 11) is 3.41. The van der Waals surface area contributed by atoms with Crippen molar-refractivity contribution >= 4 is 0 Å². The van der Waals surface area contributed by atoms with Gasteiger partial charge in [-0.3, -0.25) is 0 Å². The highest BCUT2D eigenvalue weighted by Crippen LogP contribution is 2.35. The van der Waals surface area contributed by atoms with Crippen molar-refractivity contribution in [3.8, 4) is 0 Å². The fourth-order valence-electron chi connectivity index (χ4n) is 2.11. The molecule has 0 N–H and O–H groups in total. The first-order chi connectivity index (χ1) is 6.61.